The molecule has 0 amide bonds. The molecule has 0 spiro atoms. The lowest BCUT2D eigenvalue weighted by atomic mass is 9.77. The maximum atomic E-state index is 10.5. The highest BCUT2D eigenvalue weighted by Crippen LogP contribution is 2.48. The van der Waals surface area contributed by atoms with Gasteiger partial charge in [0.15, 0.2) is 0 Å². The monoisotopic (exact) mass is 201 g/mol. The van der Waals surface area contributed by atoms with Crippen molar-refractivity contribution in [3.63, 3.8) is 0 Å². The van der Waals surface area contributed by atoms with E-state index >= 15 is 0 Å². The van der Waals surface area contributed by atoms with Crippen molar-refractivity contribution in [3.8, 4) is 11.8 Å². The molecule has 2 unspecified atom stereocenters. The van der Waals surface area contributed by atoms with Crippen molar-refractivity contribution in [2.45, 2.75) is 31.0 Å². The molecule has 0 aromatic heterocycles. The summed E-state index contributed by atoms with van der Waals surface area (Å²) < 4.78 is 5.47. The number of hydrogen-bond donors (Lipinski definition) is 1. The fraction of sp³-hybridized carbons (Fsp3) is 0.417. The van der Waals surface area contributed by atoms with E-state index in [2.05, 4.69) is 0 Å². The van der Waals surface area contributed by atoms with Gasteiger partial charge < -0.3 is 9.84 Å². The Kier molecular flexibility index (Phi) is 1.60. The molecule has 2 atom stereocenters. The van der Waals surface area contributed by atoms with Gasteiger partial charge in [-0.15, -0.1) is 0 Å². The Morgan fingerprint density at radius 3 is 3.20 bits per heavy atom. The van der Waals surface area contributed by atoms with Gasteiger partial charge in [0, 0.05) is 5.56 Å². The Hall–Kier alpha value is -1.53. The minimum Gasteiger partial charge on any atom is -0.472 e. The van der Waals surface area contributed by atoms with Crippen LogP contribution < -0.4 is 4.74 Å². The van der Waals surface area contributed by atoms with Gasteiger partial charge in [0.1, 0.15) is 17.4 Å². The van der Waals surface area contributed by atoms with Crippen molar-refractivity contribution < 1.29 is 9.84 Å². The molecular weight excluding hydrogens is 190 g/mol. The maximum Gasteiger partial charge on any atom is 0.217 e. The van der Waals surface area contributed by atoms with Crippen molar-refractivity contribution in [1.82, 2.24) is 0 Å². The van der Waals surface area contributed by atoms with Gasteiger partial charge in [-0.1, -0.05) is 12.1 Å². The molecular formula is C12H11NO2. The van der Waals surface area contributed by atoms with Gasteiger partial charge in [-0.05, 0) is 30.9 Å². The largest absolute Gasteiger partial charge is 0.472 e. The second-order valence-electron chi connectivity index (χ2n) is 4.20. The molecule has 0 radical (unpaired) electrons. The predicted molar refractivity (Wildman–Crippen MR) is 53.3 cm³/mol. The normalized spacial score (nSPS) is 31.6. The number of aryl methyl sites for hydroxylation is 1. The smallest absolute Gasteiger partial charge is 0.217 e. The van der Waals surface area contributed by atoms with Gasteiger partial charge in [0.25, 0.3) is 0 Å². The van der Waals surface area contributed by atoms with E-state index in [9.17, 15) is 5.11 Å². The highest BCUT2D eigenvalue weighted by molar-refractivity contribution is 5.51. The van der Waals surface area contributed by atoms with Crippen LogP contribution in [-0.4, -0.2) is 11.2 Å². The first-order chi connectivity index (χ1) is 7.25. The summed E-state index contributed by atoms with van der Waals surface area (Å²) in [5, 5.41) is 19.5. The SMILES string of the molecule is N#CC1Oc2cccc3c2C1(O)CCC3. The summed E-state index contributed by atoms with van der Waals surface area (Å²) in [7, 11) is 0. The van der Waals surface area contributed by atoms with Crippen LogP contribution in [0.25, 0.3) is 0 Å². The highest BCUT2D eigenvalue weighted by atomic mass is 16.5. The van der Waals surface area contributed by atoms with E-state index in [1.807, 2.05) is 24.3 Å². The summed E-state index contributed by atoms with van der Waals surface area (Å²) in [4.78, 5) is 0. The molecule has 15 heavy (non-hydrogen) atoms. The zero-order valence-corrected chi connectivity index (χ0v) is 8.23. The van der Waals surface area contributed by atoms with Gasteiger partial charge in [-0.3, -0.25) is 0 Å². The van der Waals surface area contributed by atoms with Gasteiger partial charge in [-0.25, -0.2) is 0 Å². The summed E-state index contributed by atoms with van der Waals surface area (Å²) in [6, 6.07) is 7.79. The Morgan fingerprint density at radius 1 is 1.53 bits per heavy atom. The number of benzene rings is 1. The van der Waals surface area contributed by atoms with Crippen LogP contribution in [0.1, 0.15) is 24.0 Å². The lowest BCUT2D eigenvalue weighted by molar-refractivity contribution is -0.0280. The molecule has 1 aromatic rings. The standard InChI is InChI=1S/C12H11NO2/c13-7-10-12(14)6-2-4-8-3-1-5-9(15-10)11(8)12/h1,3,5,10,14H,2,4,6H2. The number of rotatable bonds is 0. The summed E-state index contributed by atoms with van der Waals surface area (Å²) >= 11 is 0. The Bertz CT molecular complexity index is 463. The molecule has 1 aromatic carbocycles. The fourth-order valence-corrected chi connectivity index (χ4v) is 2.67. The van der Waals surface area contributed by atoms with Gasteiger partial charge in [-0.2, -0.15) is 5.26 Å². The lowest BCUT2D eigenvalue weighted by Crippen LogP contribution is -2.39. The number of hydrogen-bond acceptors (Lipinski definition) is 3. The molecule has 0 saturated heterocycles. The van der Waals surface area contributed by atoms with E-state index in [1.54, 1.807) is 0 Å². The zero-order chi connectivity index (χ0) is 10.5. The molecule has 3 nitrogen and oxygen atoms in total. The average molecular weight is 201 g/mol. The van der Waals surface area contributed by atoms with Gasteiger partial charge >= 0.3 is 0 Å². The van der Waals surface area contributed by atoms with Crippen LogP contribution in [0, 0.1) is 11.3 Å². The number of aliphatic hydroxyl groups is 1. The van der Waals surface area contributed by atoms with Crippen molar-refractivity contribution in [3.05, 3.63) is 29.3 Å². The molecule has 3 heteroatoms. The van der Waals surface area contributed by atoms with Gasteiger partial charge in [0.2, 0.25) is 6.10 Å². The van der Waals surface area contributed by atoms with Crippen LogP contribution in [0.5, 0.6) is 5.75 Å². The lowest BCUT2D eigenvalue weighted by Gasteiger charge is -2.30. The van der Waals surface area contributed by atoms with Crippen LogP contribution >= 0.6 is 0 Å². The predicted octanol–water partition coefficient (Wildman–Crippen LogP) is 1.50. The number of nitrogens with zero attached hydrogens (tertiary/aromatic N) is 1. The van der Waals surface area contributed by atoms with E-state index in [0.717, 1.165) is 24.0 Å². The second-order valence-corrected chi connectivity index (χ2v) is 4.20. The maximum absolute atomic E-state index is 10.5. The minimum atomic E-state index is -1.07. The third-order valence-corrected chi connectivity index (χ3v) is 3.35. The molecule has 1 N–H and O–H groups in total. The van der Waals surface area contributed by atoms with Crippen molar-refractivity contribution in [1.29, 1.82) is 5.26 Å². The molecule has 1 heterocycles. The van der Waals surface area contributed by atoms with Crippen LogP contribution in [0.3, 0.4) is 0 Å². The van der Waals surface area contributed by atoms with Crippen molar-refractivity contribution in [2.24, 2.45) is 0 Å². The van der Waals surface area contributed by atoms with Crippen molar-refractivity contribution >= 4 is 0 Å². The molecule has 0 fully saturated rings. The molecule has 1 aliphatic heterocycles. The van der Waals surface area contributed by atoms with E-state index in [1.165, 1.54) is 0 Å². The minimum absolute atomic E-state index is 0.620. The first-order valence-electron chi connectivity index (χ1n) is 5.17. The molecule has 1 aliphatic carbocycles. The van der Waals surface area contributed by atoms with Crippen LogP contribution in [0.2, 0.25) is 0 Å². The van der Waals surface area contributed by atoms with Crippen LogP contribution in [-0.2, 0) is 12.0 Å². The van der Waals surface area contributed by atoms with E-state index in [0.29, 0.717) is 12.2 Å². The average Bonchev–Trinajstić information content (AvgIpc) is 2.54. The topological polar surface area (TPSA) is 53.2 Å². The van der Waals surface area contributed by atoms with Crippen molar-refractivity contribution in [2.75, 3.05) is 0 Å². The van der Waals surface area contributed by atoms with Crippen LogP contribution in [0.4, 0.5) is 0 Å². The Balaban J connectivity index is 2.25. The summed E-state index contributed by atoms with van der Waals surface area (Å²) in [5.41, 5.74) is 0.903. The molecule has 0 saturated carbocycles. The fourth-order valence-electron chi connectivity index (χ4n) is 2.67. The molecule has 3 rings (SSSR count). The first kappa shape index (κ1) is 8.75. The summed E-state index contributed by atoms with van der Waals surface area (Å²) in [6.07, 6.45) is 1.76. The molecule has 2 aliphatic rings. The number of ether oxygens (including phenoxy) is 1. The van der Waals surface area contributed by atoms with Gasteiger partial charge in [0.05, 0.1) is 0 Å². The quantitative estimate of drug-likeness (QED) is 0.692. The molecule has 0 bridgehead atoms. The third-order valence-electron chi connectivity index (χ3n) is 3.35. The Morgan fingerprint density at radius 2 is 2.40 bits per heavy atom. The first-order valence-corrected chi connectivity index (χ1v) is 5.17. The molecule has 76 valence electrons. The second kappa shape index (κ2) is 2.74. The Labute approximate surface area is 87.9 Å². The summed E-state index contributed by atoms with van der Waals surface area (Å²) in [5.74, 6) is 0.682. The zero-order valence-electron chi connectivity index (χ0n) is 8.23. The number of nitriles is 1. The van der Waals surface area contributed by atoms with E-state index < -0.39 is 11.7 Å². The van der Waals surface area contributed by atoms with E-state index in [4.69, 9.17) is 10.00 Å². The summed E-state index contributed by atoms with van der Waals surface area (Å²) in [6.45, 7) is 0. The highest BCUT2D eigenvalue weighted by Gasteiger charge is 2.50. The van der Waals surface area contributed by atoms with E-state index in [-0.39, 0.29) is 0 Å². The third kappa shape index (κ3) is 0.974. The van der Waals surface area contributed by atoms with Crippen LogP contribution in [0.15, 0.2) is 18.2 Å².